The normalized spacial score (nSPS) is 22.9. The maximum atomic E-state index is 11.5. The maximum absolute atomic E-state index is 11.5. The molecule has 1 heterocycles. The van der Waals surface area contributed by atoms with Crippen molar-refractivity contribution >= 4 is 6.09 Å². The molecule has 0 spiro atoms. The maximum Gasteiger partial charge on any atom is 0.409 e. The molecule has 13 heavy (non-hydrogen) atoms. The molecular weight excluding hydrogens is 166 g/mol. The molecule has 1 atom stereocenters. The predicted octanol–water partition coefficient (Wildman–Crippen LogP) is 2.41. The van der Waals surface area contributed by atoms with Gasteiger partial charge in [-0.15, -0.1) is 0 Å². The van der Waals surface area contributed by atoms with Gasteiger partial charge in [0, 0.05) is 12.6 Å². The molecule has 0 aromatic heterocycles. The summed E-state index contributed by atoms with van der Waals surface area (Å²) >= 11 is 0. The van der Waals surface area contributed by atoms with E-state index in [2.05, 4.69) is 6.92 Å². The third-order valence-corrected chi connectivity index (χ3v) is 2.47. The van der Waals surface area contributed by atoms with Crippen LogP contribution in [-0.2, 0) is 4.74 Å². The highest BCUT2D eigenvalue weighted by Crippen LogP contribution is 2.17. The van der Waals surface area contributed by atoms with Gasteiger partial charge in [-0.2, -0.15) is 0 Å². The molecule has 0 saturated carbocycles. The lowest BCUT2D eigenvalue weighted by atomic mass is 10.0. The summed E-state index contributed by atoms with van der Waals surface area (Å²) in [6.07, 6.45) is 4.23. The van der Waals surface area contributed by atoms with Gasteiger partial charge in [-0.1, -0.05) is 6.92 Å². The average Bonchev–Trinajstić information content (AvgIpc) is 2.15. The fourth-order valence-electron chi connectivity index (χ4n) is 1.64. The fourth-order valence-corrected chi connectivity index (χ4v) is 1.64. The van der Waals surface area contributed by atoms with Gasteiger partial charge in [-0.25, -0.2) is 4.79 Å². The number of piperidine rings is 1. The van der Waals surface area contributed by atoms with Crippen LogP contribution in [0.4, 0.5) is 4.79 Å². The third-order valence-electron chi connectivity index (χ3n) is 2.47. The van der Waals surface area contributed by atoms with Crippen molar-refractivity contribution in [3.05, 3.63) is 0 Å². The zero-order chi connectivity index (χ0) is 9.68. The van der Waals surface area contributed by atoms with Gasteiger partial charge >= 0.3 is 6.09 Å². The first-order valence-corrected chi connectivity index (χ1v) is 5.19. The molecule has 1 saturated heterocycles. The molecule has 1 aliphatic heterocycles. The van der Waals surface area contributed by atoms with Gasteiger partial charge < -0.3 is 9.64 Å². The molecule has 0 aromatic carbocycles. The summed E-state index contributed by atoms with van der Waals surface area (Å²) in [5, 5.41) is 0. The van der Waals surface area contributed by atoms with Crippen LogP contribution >= 0.6 is 0 Å². The molecule has 1 unspecified atom stereocenters. The first-order valence-electron chi connectivity index (χ1n) is 5.19. The second-order valence-corrected chi connectivity index (χ2v) is 3.65. The highest BCUT2D eigenvalue weighted by Gasteiger charge is 2.23. The minimum atomic E-state index is -0.131. The number of amides is 1. The topological polar surface area (TPSA) is 29.5 Å². The highest BCUT2D eigenvalue weighted by atomic mass is 16.6. The molecule has 0 N–H and O–H groups in total. The number of hydrogen-bond acceptors (Lipinski definition) is 2. The molecule has 0 radical (unpaired) electrons. The van der Waals surface area contributed by atoms with Gasteiger partial charge in [0.05, 0.1) is 6.61 Å². The fraction of sp³-hybridized carbons (Fsp3) is 0.900. The summed E-state index contributed by atoms with van der Waals surface area (Å²) in [5.41, 5.74) is 0. The van der Waals surface area contributed by atoms with Crippen molar-refractivity contribution in [2.45, 2.75) is 45.6 Å². The Morgan fingerprint density at radius 1 is 1.54 bits per heavy atom. The van der Waals surface area contributed by atoms with Crippen LogP contribution in [0.25, 0.3) is 0 Å². The molecule has 76 valence electrons. The second-order valence-electron chi connectivity index (χ2n) is 3.65. The largest absolute Gasteiger partial charge is 0.449 e. The van der Waals surface area contributed by atoms with Crippen molar-refractivity contribution in [1.29, 1.82) is 0 Å². The van der Waals surface area contributed by atoms with Gasteiger partial charge in [-0.3, -0.25) is 0 Å². The third kappa shape index (κ3) is 2.90. The molecule has 0 aromatic rings. The number of likely N-dealkylation sites (tertiary alicyclic amines) is 1. The lowest BCUT2D eigenvalue weighted by Crippen LogP contribution is -2.42. The molecule has 3 heteroatoms. The van der Waals surface area contributed by atoms with Gasteiger partial charge in [0.1, 0.15) is 0 Å². The first-order chi connectivity index (χ1) is 6.25. The molecule has 1 amide bonds. The predicted molar refractivity (Wildman–Crippen MR) is 51.7 cm³/mol. The number of carbonyl (C=O) groups excluding carboxylic acids is 1. The van der Waals surface area contributed by atoms with Crippen LogP contribution in [0.15, 0.2) is 0 Å². The van der Waals surface area contributed by atoms with Crippen LogP contribution in [0.3, 0.4) is 0 Å². The van der Waals surface area contributed by atoms with Crippen LogP contribution in [-0.4, -0.2) is 30.2 Å². The Bertz CT molecular complexity index is 170. The minimum Gasteiger partial charge on any atom is -0.449 e. The van der Waals surface area contributed by atoms with E-state index in [4.69, 9.17) is 4.74 Å². The Labute approximate surface area is 80.1 Å². The van der Waals surface area contributed by atoms with E-state index < -0.39 is 0 Å². The van der Waals surface area contributed by atoms with Crippen molar-refractivity contribution in [3.63, 3.8) is 0 Å². The standard InChI is InChI=1S/C10H19NO2/c1-3-8-13-10(12)11-7-5-4-6-9(11)2/h9H,3-8H2,1-2H3. The summed E-state index contributed by atoms with van der Waals surface area (Å²) in [5.74, 6) is 0. The van der Waals surface area contributed by atoms with Crippen LogP contribution in [0.1, 0.15) is 39.5 Å². The van der Waals surface area contributed by atoms with Gasteiger partial charge in [0.25, 0.3) is 0 Å². The molecule has 1 rings (SSSR count). The van der Waals surface area contributed by atoms with Crippen molar-refractivity contribution in [2.75, 3.05) is 13.2 Å². The van der Waals surface area contributed by atoms with Crippen molar-refractivity contribution in [1.82, 2.24) is 4.90 Å². The summed E-state index contributed by atoms with van der Waals surface area (Å²) < 4.78 is 5.09. The number of carbonyl (C=O) groups is 1. The SMILES string of the molecule is CCCOC(=O)N1CCCCC1C. The Hall–Kier alpha value is -0.730. The van der Waals surface area contributed by atoms with Crippen LogP contribution in [0.5, 0.6) is 0 Å². The smallest absolute Gasteiger partial charge is 0.409 e. The summed E-state index contributed by atoms with van der Waals surface area (Å²) in [7, 11) is 0. The first kappa shape index (κ1) is 10.4. The second kappa shape index (κ2) is 5.10. The van der Waals surface area contributed by atoms with Gasteiger partial charge in [0.15, 0.2) is 0 Å². The Morgan fingerprint density at radius 2 is 2.31 bits per heavy atom. The van der Waals surface area contributed by atoms with Gasteiger partial charge in [0.2, 0.25) is 0 Å². The highest BCUT2D eigenvalue weighted by molar-refractivity contribution is 5.68. The number of hydrogen-bond donors (Lipinski definition) is 0. The molecule has 1 aliphatic rings. The molecule has 0 bridgehead atoms. The Balaban J connectivity index is 2.35. The van der Waals surface area contributed by atoms with Crippen LogP contribution in [0, 0.1) is 0 Å². The van der Waals surface area contributed by atoms with E-state index in [-0.39, 0.29) is 6.09 Å². The van der Waals surface area contributed by atoms with Gasteiger partial charge in [-0.05, 0) is 32.6 Å². The lowest BCUT2D eigenvalue weighted by Gasteiger charge is -2.32. The minimum absolute atomic E-state index is 0.131. The number of rotatable bonds is 2. The van der Waals surface area contributed by atoms with E-state index in [0.717, 1.165) is 25.8 Å². The Kier molecular flexibility index (Phi) is 4.06. The van der Waals surface area contributed by atoms with E-state index in [9.17, 15) is 4.79 Å². The number of nitrogens with zero attached hydrogens (tertiary/aromatic N) is 1. The molecule has 0 aliphatic carbocycles. The number of ether oxygens (including phenoxy) is 1. The summed E-state index contributed by atoms with van der Waals surface area (Å²) in [6.45, 7) is 5.51. The van der Waals surface area contributed by atoms with E-state index in [0.29, 0.717) is 12.6 Å². The van der Waals surface area contributed by atoms with Crippen molar-refractivity contribution in [3.8, 4) is 0 Å². The van der Waals surface area contributed by atoms with E-state index in [1.807, 2.05) is 11.8 Å². The molecular formula is C10H19NO2. The van der Waals surface area contributed by atoms with E-state index >= 15 is 0 Å². The Morgan fingerprint density at radius 3 is 2.92 bits per heavy atom. The summed E-state index contributed by atoms with van der Waals surface area (Å²) in [4.78, 5) is 13.3. The lowest BCUT2D eigenvalue weighted by molar-refractivity contribution is 0.0774. The van der Waals surface area contributed by atoms with Crippen LogP contribution in [0.2, 0.25) is 0 Å². The summed E-state index contributed by atoms with van der Waals surface area (Å²) in [6, 6.07) is 0.359. The zero-order valence-electron chi connectivity index (χ0n) is 8.58. The monoisotopic (exact) mass is 185 g/mol. The zero-order valence-corrected chi connectivity index (χ0v) is 8.58. The van der Waals surface area contributed by atoms with Crippen molar-refractivity contribution in [2.24, 2.45) is 0 Å². The quantitative estimate of drug-likeness (QED) is 0.661. The molecule has 3 nitrogen and oxygen atoms in total. The molecule has 1 fully saturated rings. The average molecular weight is 185 g/mol. The van der Waals surface area contributed by atoms with E-state index in [1.165, 1.54) is 6.42 Å². The van der Waals surface area contributed by atoms with Crippen molar-refractivity contribution < 1.29 is 9.53 Å². The van der Waals surface area contributed by atoms with E-state index in [1.54, 1.807) is 0 Å². The van der Waals surface area contributed by atoms with Crippen LogP contribution < -0.4 is 0 Å².